The number of benzene rings is 2. The zero-order chi connectivity index (χ0) is 16.2. The largest absolute Gasteiger partial charge is 1.00 e. The molecule has 126 valence electrons. The number of rotatable bonds is 5. The second-order valence-electron chi connectivity index (χ2n) is 5.01. The number of thiazole rings is 1. The highest BCUT2D eigenvalue weighted by Crippen LogP contribution is 2.27. The molecular formula is C17H13BrN5S2-. The Labute approximate surface area is 163 Å². The molecule has 0 unspecified atom stereocenters. The topological polar surface area (TPSA) is 56.5 Å². The zero-order valence-corrected chi connectivity index (χ0v) is 16.2. The highest BCUT2D eigenvalue weighted by atomic mass is 79.9. The maximum atomic E-state index is 4.70. The molecule has 0 fully saturated rings. The molecule has 0 aliphatic rings. The molecule has 2 aromatic heterocycles. The second-order valence-corrected chi connectivity index (χ2v) is 6.81. The van der Waals surface area contributed by atoms with Gasteiger partial charge in [0.1, 0.15) is 5.01 Å². The normalized spacial score (nSPS) is 10.4. The summed E-state index contributed by atoms with van der Waals surface area (Å²) in [6, 6.07) is 20.1. The quantitative estimate of drug-likeness (QED) is 0.443. The number of halogens is 1. The number of thioether (sulfide) groups is 1. The molecule has 4 rings (SSSR count). The predicted octanol–water partition coefficient (Wildman–Crippen LogP) is 1.08. The number of hydrogen-bond acceptors (Lipinski definition) is 6. The number of para-hydroxylation sites is 1. The molecule has 2 heterocycles. The van der Waals surface area contributed by atoms with Crippen LogP contribution in [0.25, 0.3) is 16.3 Å². The smallest absolute Gasteiger partial charge is 0.214 e. The van der Waals surface area contributed by atoms with E-state index in [1.165, 1.54) is 0 Å². The van der Waals surface area contributed by atoms with Crippen LogP contribution in [-0.4, -0.2) is 25.2 Å². The summed E-state index contributed by atoms with van der Waals surface area (Å²) in [4.78, 5) is 4.70. The van der Waals surface area contributed by atoms with Crippen molar-refractivity contribution in [3.63, 3.8) is 0 Å². The molecule has 5 nitrogen and oxygen atoms in total. The van der Waals surface area contributed by atoms with Gasteiger partial charge in [0.15, 0.2) is 0 Å². The second kappa shape index (κ2) is 8.37. The molecule has 0 radical (unpaired) electrons. The zero-order valence-electron chi connectivity index (χ0n) is 13.0. The fourth-order valence-corrected chi connectivity index (χ4v) is 3.94. The van der Waals surface area contributed by atoms with Gasteiger partial charge in [0.25, 0.3) is 0 Å². The van der Waals surface area contributed by atoms with E-state index in [2.05, 4.69) is 33.0 Å². The lowest BCUT2D eigenvalue weighted by Crippen LogP contribution is -3.00. The molecular weight excluding hydrogens is 418 g/mol. The summed E-state index contributed by atoms with van der Waals surface area (Å²) >= 11 is 3.24. The summed E-state index contributed by atoms with van der Waals surface area (Å²) in [5.74, 6) is 0.733. The van der Waals surface area contributed by atoms with Gasteiger partial charge in [0.2, 0.25) is 5.16 Å². The van der Waals surface area contributed by atoms with Crippen LogP contribution in [0.5, 0.6) is 0 Å². The van der Waals surface area contributed by atoms with E-state index in [4.69, 9.17) is 4.98 Å². The Balaban J connectivity index is 0.00000182. The number of hydrogen-bond donors (Lipinski definition) is 0. The molecule has 0 amide bonds. The lowest BCUT2D eigenvalue weighted by atomic mass is 10.2. The molecule has 0 N–H and O–H groups in total. The van der Waals surface area contributed by atoms with E-state index >= 15 is 0 Å². The SMILES string of the molecule is [Br-].c1ccc(-c2nc(CSc3nnnn3-c3ccccc3)cs2)cc1. The van der Waals surface area contributed by atoms with Gasteiger partial charge in [0, 0.05) is 16.7 Å². The Bertz CT molecular complexity index is 924. The first-order valence-electron chi connectivity index (χ1n) is 7.36. The van der Waals surface area contributed by atoms with Crippen molar-refractivity contribution < 1.29 is 17.0 Å². The van der Waals surface area contributed by atoms with Crippen molar-refractivity contribution >= 4 is 23.1 Å². The molecule has 0 saturated carbocycles. The van der Waals surface area contributed by atoms with Gasteiger partial charge in [-0.05, 0) is 22.6 Å². The first-order chi connectivity index (χ1) is 11.9. The van der Waals surface area contributed by atoms with Gasteiger partial charge < -0.3 is 17.0 Å². The number of aromatic nitrogens is 5. The van der Waals surface area contributed by atoms with Crippen LogP contribution in [0.1, 0.15) is 5.69 Å². The van der Waals surface area contributed by atoms with Crippen molar-refractivity contribution in [3.8, 4) is 16.3 Å². The maximum absolute atomic E-state index is 4.70. The van der Waals surface area contributed by atoms with Crippen LogP contribution < -0.4 is 17.0 Å². The highest BCUT2D eigenvalue weighted by Gasteiger charge is 2.11. The molecule has 0 saturated heterocycles. The van der Waals surface area contributed by atoms with Gasteiger partial charge in [-0.2, -0.15) is 4.68 Å². The number of tetrazole rings is 1. The van der Waals surface area contributed by atoms with Crippen molar-refractivity contribution in [1.82, 2.24) is 25.2 Å². The van der Waals surface area contributed by atoms with Crippen LogP contribution in [0.4, 0.5) is 0 Å². The van der Waals surface area contributed by atoms with Crippen LogP contribution in [0.2, 0.25) is 0 Å². The predicted molar refractivity (Wildman–Crippen MR) is 96.3 cm³/mol. The van der Waals surface area contributed by atoms with E-state index in [-0.39, 0.29) is 17.0 Å². The van der Waals surface area contributed by atoms with Crippen molar-refractivity contribution in [1.29, 1.82) is 0 Å². The van der Waals surface area contributed by atoms with Crippen molar-refractivity contribution in [2.75, 3.05) is 0 Å². The van der Waals surface area contributed by atoms with Crippen molar-refractivity contribution in [2.45, 2.75) is 10.9 Å². The Kier molecular flexibility index (Phi) is 5.95. The van der Waals surface area contributed by atoms with Gasteiger partial charge in [-0.25, -0.2) is 4.98 Å². The third-order valence-corrected chi connectivity index (χ3v) is 5.26. The van der Waals surface area contributed by atoms with Crippen LogP contribution in [0.15, 0.2) is 71.2 Å². The number of nitrogens with zero attached hydrogens (tertiary/aromatic N) is 5. The summed E-state index contributed by atoms with van der Waals surface area (Å²) in [6.45, 7) is 0. The third kappa shape index (κ3) is 4.15. The minimum atomic E-state index is 0. The molecule has 0 spiro atoms. The summed E-state index contributed by atoms with van der Waals surface area (Å²) in [5.41, 5.74) is 3.13. The van der Waals surface area contributed by atoms with Crippen LogP contribution in [0, 0.1) is 0 Å². The van der Waals surface area contributed by atoms with Gasteiger partial charge >= 0.3 is 0 Å². The summed E-state index contributed by atoms with van der Waals surface area (Å²) in [7, 11) is 0. The van der Waals surface area contributed by atoms with E-state index in [9.17, 15) is 0 Å². The standard InChI is InChI=1S/C17H13N5S2.BrH/c1-3-7-13(8-4-1)16-18-14(11-23-16)12-24-17-19-20-21-22(17)15-9-5-2-6-10-15;/h1-11H,12H2;1H/p-1. The first-order valence-corrected chi connectivity index (χ1v) is 9.23. The Morgan fingerprint density at radius 2 is 1.68 bits per heavy atom. The molecule has 8 heteroatoms. The molecule has 25 heavy (non-hydrogen) atoms. The average Bonchev–Trinajstić information content (AvgIpc) is 3.31. The lowest BCUT2D eigenvalue weighted by Gasteiger charge is -2.02. The molecule has 0 aliphatic heterocycles. The molecule has 0 aliphatic carbocycles. The van der Waals surface area contributed by atoms with Crippen LogP contribution in [-0.2, 0) is 5.75 Å². The van der Waals surface area contributed by atoms with Gasteiger partial charge in [-0.3, -0.25) is 0 Å². The lowest BCUT2D eigenvalue weighted by molar-refractivity contribution is -0.00000487. The van der Waals surface area contributed by atoms with Crippen LogP contribution >= 0.6 is 23.1 Å². The summed E-state index contributed by atoms with van der Waals surface area (Å²) in [6.07, 6.45) is 0. The monoisotopic (exact) mass is 430 g/mol. The minimum Gasteiger partial charge on any atom is -1.00 e. The van der Waals surface area contributed by atoms with Crippen LogP contribution in [0.3, 0.4) is 0 Å². The fraction of sp³-hybridized carbons (Fsp3) is 0.0588. The average molecular weight is 431 g/mol. The van der Waals surface area contributed by atoms with Crippen molar-refractivity contribution in [2.24, 2.45) is 0 Å². The Morgan fingerprint density at radius 1 is 0.960 bits per heavy atom. The first kappa shape index (κ1) is 17.8. The molecule has 0 atom stereocenters. The summed E-state index contributed by atoms with van der Waals surface area (Å²) in [5, 5.41) is 15.9. The van der Waals surface area contributed by atoms with Gasteiger partial charge in [0.05, 0.1) is 11.4 Å². The van der Waals surface area contributed by atoms with E-state index < -0.39 is 0 Å². The van der Waals surface area contributed by atoms with Crippen molar-refractivity contribution in [3.05, 3.63) is 71.7 Å². The molecule has 0 bridgehead atoms. The fourth-order valence-electron chi connectivity index (χ4n) is 2.23. The van der Waals surface area contributed by atoms with Gasteiger partial charge in [-0.1, -0.05) is 60.3 Å². The third-order valence-electron chi connectivity index (χ3n) is 3.36. The Morgan fingerprint density at radius 3 is 2.44 bits per heavy atom. The van der Waals surface area contributed by atoms with E-state index in [0.29, 0.717) is 0 Å². The highest BCUT2D eigenvalue weighted by molar-refractivity contribution is 7.98. The Hall–Kier alpha value is -2.03. The van der Waals surface area contributed by atoms with E-state index in [1.54, 1.807) is 27.8 Å². The minimum absolute atomic E-state index is 0. The molecule has 4 aromatic rings. The van der Waals surface area contributed by atoms with E-state index in [1.807, 2.05) is 48.5 Å². The summed E-state index contributed by atoms with van der Waals surface area (Å²) < 4.78 is 1.75. The maximum Gasteiger partial charge on any atom is 0.214 e. The van der Waals surface area contributed by atoms with Gasteiger partial charge in [-0.15, -0.1) is 16.4 Å². The van der Waals surface area contributed by atoms with E-state index in [0.717, 1.165) is 32.9 Å². The molecule has 2 aromatic carbocycles.